The number of likely N-dealkylation sites (tertiary alicyclic amines) is 1. The normalized spacial score (nSPS) is 26.7. The summed E-state index contributed by atoms with van der Waals surface area (Å²) in [7, 11) is 0. The van der Waals surface area contributed by atoms with Crippen LogP contribution in [0.1, 0.15) is 30.9 Å². The maximum Gasteiger partial charge on any atom is 0.290 e. The summed E-state index contributed by atoms with van der Waals surface area (Å²) in [6.07, 6.45) is 2.63. The fourth-order valence-corrected chi connectivity index (χ4v) is 4.60. The second kappa shape index (κ2) is 8.19. The molecule has 1 spiro atoms. The van der Waals surface area contributed by atoms with Gasteiger partial charge in [-0.3, -0.25) is 14.4 Å². The molecule has 0 aliphatic carbocycles. The zero-order chi connectivity index (χ0) is 21.1. The van der Waals surface area contributed by atoms with Gasteiger partial charge in [-0.1, -0.05) is 30.3 Å². The summed E-state index contributed by atoms with van der Waals surface area (Å²) in [5.41, 5.74) is 0.387. The fourth-order valence-electron chi connectivity index (χ4n) is 4.60. The largest absolute Gasteiger partial charge is 0.483 e. The van der Waals surface area contributed by atoms with Gasteiger partial charge in [-0.2, -0.15) is 0 Å². The number of aryl methyl sites for hydroxylation is 1. The molecule has 1 aromatic heterocycles. The molecule has 3 fully saturated rings. The van der Waals surface area contributed by atoms with Crippen LogP contribution >= 0.6 is 0 Å². The van der Waals surface area contributed by atoms with E-state index in [4.69, 9.17) is 14.6 Å². The van der Waals surface area contributed by atoms with Crippen molar-refractivity contribution in [2.45, 2.75) is 43.7 Å². The quantitative estimate of drug-likeness (QED) is 0.695. The Kier molecular flexibility index (Phi) is 5.44. The maximum atomic E-state index is 12.8. The van der Waals surface area contributed by atoms with Gasteiger partial charge in [0.05, 0.1) is 25.6 Å². The predicted octanol–water partition coefficient (Wildman–Crippen LogP) is 0.0650. The molecule has 11 heteroatoms. The Labute approximate surface area is 172 Å². The molecule has 11 nitrogen and oxygen atoms in total. The van der Waals surface area contributed by atoms with Crippen molar-refractivity contribution in [2.75, 3.05) is 13.1 Å². The molecule has 4 heterocycles. The van der Waals surface area contributed by atoms with Crippen LogP contribution < -0.4 is 0 Å². The van der Waals surface area contributed by atoms with E-state index in [9.17, 15) is 9.59 Å². The molecule has 2 aromatic rings. The summed E-state index contributed by atoms with van der Waals surface area (Å²) in [5.74, 6) is 0.0743. The monoisotopic (exact) mass is 414 g/mol. The molecule has 0 saturated carbocycles. The Balaban J connectivity index is 0.000000687. The van der Waals surface area contributed by atoms with Crippen molar-refractivity contribution in [1.82, 2.24) is 30.0 Å². The number of rotatable bonds is 4. The number of carboxylic acid groups (broad SMARTS) is 1. The Morgan fingerprint density at radius 2 is 2.10 bits per heavy atom. The van der Waals surface area contributed by atoms with E-state index in [0.717, 1.165) is 5.56 Å². The molecule has 3 aliphatic rings. The number of amides is 2. The van der Waals surface area contributed by atoms with E-state index in [-0.39, 0.29) is 30.4 Å². The van der Waals surface area contributed by atoms with Crippen LogP contribution in [0.25, 0.3) is 0 Å². The van der Waals surface area contributed by atoms with Crippen molar-refractivity contribution < 1.29 is 24.2 Å². The van der Waals surface area contributed by atoms with Gasteiger partial charge in [-0.25, -0.2) is 4.68 Å². The van der Waals surface area contributed by atoms with Gasteiger partial charge in [-0.15, -0.1) is 5.10 Å². The number of nitrogens with zero attached hydrogens (tertiary/aromatic N) is 6. The second-order valence-electron chi connectivity index (χ2n) is 7.35. The molecule has 158 valence electrons. The van der Waals surface area contributed by atoms with Crippen LogP contribution in [-0.4, -0.2) is 78.3 Å². The number of tetrazole rings is 1. The first kappa shape index (κ1) is 20.0. The molecule has 3 saturated heterocycles. The van der Waals surface area contributed by atoms with Crippen LogP contribution in [0, 0.1) is 0 Å². The lowest BCUT2D eigenvalue weighted by Gasteiger charge is -2.32. The summed E-state index contributed by atoms with van der Waals surface area (Å²) >= 11 is 0. The number of carbonyl (C=O) groups excluding carboxylic acids is 2. The van der Waals surface area contributed by atoms with Gasteiger partial charge in [0.1, 0.15) is 12.4 Å². The third-order valence-electron chi connectivity index (χ3n) is 5.87. The average Bonchev–Trinajstić information content (AvgIpc) is 3.51. The number of hydrogen-bond donors (Lipinski definition) is 1. The molecule has 5 rings (SSSR count). The molecule has 0 radical (unpaired) electrons. The van der Waals surface area contributed by atoms with Crippen molar-refractivity contribution >= 4 is 18.3 Å². The third-order valence-corrected chi connectivity index (χ3v) is 5.87. The summed E-state index contributed by atoms with van der Waals surface area (Å²) in [5, 5.41) is 17.8. The van der Waals surface area contributed by atoms with Gasteiger partial charge in [0.2, 0.25) is 11.8 Å². The molecule has 3 atom stereocenters. The molecular weight excluding hydrogens is 392 g/mol. The first-order chi connectivity index (χ1) is 14.6. The highest BCUT2D eigenvalue weighted by Crippen LogP contribution is 2.50. The molecule has 2 amide bonds. The van der Waals surface area contributed by atoms with Crippen molar-refractivity contribution in [3.63, 3.8) is 0 Å². The average molecular weight is 414 g/mol. The zero-order valence-corrected chi connectivity index (χ0v) is 16.2. The van der Waals surface area contributed by atoms with Gasteiger partial charge in [0, 0.05) is 19.4 Å². The van der Waals surface area contributed by atoms with Crippen LogP contribution in [-0.2, 0) is 25.7 Å². The lowest BCUT2D eigenvalue weighted by atomic mass is 10.1. The van der Waals surface area contributed by atoms with Crippen LogP contribution in [0.15, 0.2) is 36.7 Å². The zero-order valence-electron chi connectivity index (χ0n) is 16.2. The minimum absolute atomic E-state index is 0.00814. The summed E-state index contributed by atoms with van der Waals surface area (Å²) in [6, 6.07) is 9.73. The van der Waals surface area contributed by atoms with Gasteiger partial charge in [-0.05, 0) is 16.0 Å². The highest BCUT2D eigenvalue weighted by atomic mass is 16.5. The van der Waals surface area contributed by atoms with E-state index in [1.807, 2.05) is 40.1 Å². The fraction of sp³-hybridized carbons (Fsp3) is 0.474. The van der Waals surface area contributed by atoms with Gasteiger partial charge in [0.15, 0.2) is 5.72 Å². The van der Waals surface area contributed by atoms with E-state index in [0.29, 0.717) is 38.9 Å². The van der Waals surface area contributed by atoms with Crippen LogP contribution in [0.3, 0.4) is 0 Å². The SMILES string of the molecule is O=C(CCn1cnnn1)N1CC[C@@]23O[C@@H](c4ccccc4)CN2C(=O)C[C@@H]13.O=CO. The molecule has 0 unspecified atom stereocenters. The molecule has 1 aromatic carbocycles. The lowest BCUT2D eigenvalue weighted by Crippen LogP contribution is -2.48. The van der Waals surface area contributed by atoms with Crippen molar-refractivity contribution in [1.29, 1.82) is 0 Å². The summed E-state index contributed by atoms with van der Waals surface area (Å²) < 4.78 is 7.99. The Morgan fingerprint density at radius 3 is 2.80 bits per heavy atom. The second-order valence-corrected chi connectivity index (χ2v) is 7.35. The predicted molar refractivity (Wildman–Crippen MR) is 101 cm³/mol. The molecule has 0 bridgehead atoms. The number of hydrogen-bond acceptors (Lipinski definition) is 7. The van der Waals surface area contributed by atoms with Gasteiger partial charge >= 0.3 is 0 Å². The number of benzene rings is 1. The Morgan fingerprint density at radius 1 is 1.33 bits per heavy atom. The minimum Gasteiger partial charge on any atom is -0.483 e. The third kappa shape index (κ3) is 3.41. The first-order valence-electron chi connectivity index (χ1n) is 9.70. The highest BCUT2D eigenvalue weighted by Gasteiger charge is 2.64. The van der Waals surface area contributed by atoms with Gasteiger partial charge < -0.3 is 19.6 Å². The van der Waals surface area contributed by atoms with Crippen molar-refractivity contribution in [3.8, 4) is 0 Å². The first-order valence-corrected chi connectivity index (χ1v) is 9.70. The van der Waals surface area contributed by atoms with E-state index in [1.54, 1.807) is 0 Å². The smallest absolute Gasteiger partial charge is 0.290 e. The Bertz CT molecular complexity index is 907. The van der Waals surface area contributed by atoms with E-state index in [2.05, 4.69) is 15.5 Å². The minimum atomic E-state index is -0.679. The van der Waals surface area contributed by atoms with Crippen LogP contribution in [0.4, 0.5) is 0 Å². The van der Waals surface area contributed by atoms with Crippen LogP contribution in [0.5, 0.6) is 0 Å². The van der Waals surface area contributed by atoms with Gasteiger partial charge in [0.25, 0.3) is 6.47 Å². The maximum absolute atomic E-state index is 12.8. The van der Waals surface area contributed by atoms with Crippen molar-refractivity contribution in [3.05, 3.63) is 42.2 Å². The molecule has 3 aliphatic heterocycles. The topological polar surface area (TPSA) is 131 Å². The number of aromatic nitrogens is 4. The molecular formula is C19H22N6O5. The van der Waals surface area contributed by atoms with E-state index < -0.39 is 5.72 Å². The summed E-state index contributed by atoms with van der Waals surface area (Å²) in [4.78, 5) is 37.4. The van der Waals surface area contributed by atoms with Crippen molar-refractivity contribution in [2.24, 2.45) is 0 Å². The highest BCUT2D eigenvalue weighted by molar-refractivity contribution is 5.84. The molecule has 1 N–H and O–H groups in total. The standard InChI is InChI=1S/C18H20N6O3.CH2O2/c25-16(6-8-22-12-19-20-21-22)23-9-7-18-15(23)10-17(26)24(18)11-14(27-18)13-4-2-1-3-5-13;2-1-3/h1-5,12,14-15H,6-11H2;1H,(H,2,3)/t14-,15-,18+;/m1./s1. The van der Waals surface area contributed by atoms with E-state index >= 15 is 0 Å². The lowest BCUT2D eigenvalue weighted by molar-refractivity contribution is -0.143. The number of carbonyl (C=O) groups is 3. The number of ether oxygens (including phenoxy) is 1. The van der Waals surface area contributed by atoms with Crippen LogP contribution in [0.2, 0.25) is 0 Å². The Hall–Kier alpha value is -3.34. The molecule has 30 heavy (non-hydrogen) atoms. The summed E-state index contributed by atoms with van der Waals surface area (Å²) in [6.45, 7) is 1.32. The van der Waals surface area contributed by atoms with E-state index in [1.165, 1.54) is 11.0 Å².